The summed E-state index contributed by atoms with van der Waals surface area (Å²) < 4.78 is 5.58. The number of ether oxygens (including phenoxy) is 1. The molecule has 0 unspecified atom stereocenters. The third-order valence-electron chi connectivity index (χ3n) is 3.24. The number of hydrogen-bond donors (Lipinski definition) is 2. The lowest BCUT2D eigenvalue weighted by atomic mass is 10.2. The fourth-order valence-corrected chi connectivity index (χ4v) is 2.23. The molecule has 1 aliphatic rings. The van der Waals surface area contributed by atoms with Crippen LogP contribution in [-0.4, -0.2) is 18.1 Å². The zero-order chi connectivity index (χ0) is 13.0. The number of rotatable bonds is 4. The van der Waals surface area contributed by atoms with Crippen LogP contribution < -0.4 is 15.8 Å². The number of hydrogen-bond acceptors (Lipinski definition) is 3. The zero-order valence-corrected chi connectivity index (χ0v) is 10.7. The number of nitrogens with two attached hydrogens (primary N) is 1. The van der Waals surface area contributed by atoms with E-state index in [9.17, 15) is 4.79 Å². The summed E-state index contributed by atoms with van der Waals surface area (Å²) in [6.45, 7) is 1.76. The SMILES string of the molecule is C[C@H](Oc1cccc(N)c1)C(=O)NC1CCCC1. The molecule has 1 fully saturated rings. The Hall–Kier alpha value is -1.71. The molecular formula is C14H20N2O2. The van der Waals surface area contributed by atoms with E-state index in [4.69, 9.17) is 10.5 Å². The van der Waals surface area contributed by atoms with Crippen molar-refractivity contribution in [3.63, 3.8) is 0 Å². The molecule has 1 atom stereocenters. The molecule has 1 aromatic carbocycles. The molecule has 0 spiro atoms. The first-order valence-corrected chi connectivity index (χ1v) is 6.48. The number of amides is 1. The second kappa shape index (κ2) is 5.76. The van der Waals surface area contributed by atoms with Gasteiger partial charge in [0, 0.05) is 17.8 Å². The van der Waals surface area contributed by atoms with Crippen molar-refractivity contribution >= 4 is 11.6 Å². The molecule has 2 rings (SSSR count). The van der Waals surface area contributed by atoms with Gasteiger partial charge >= 0.3 is 0 Å². The quantitative estimate of drug-likeness (QED) is 0.802. The Kier molecular flexibility index (Phi) is 4.07. The Morgan fingerprint density at radius 2 is 2.17 bits per heavy atom. The predicted octanol–water partition coefficient (Wildman–Crippen LogP) is 2.09. The molecule has 0 aliphatic heterocycles. The lowest BCUT2D eigenvalue weighted by molar-refractivity contribution is -0.127. The van der Waals surface area contributed by atoms with Gasteiger partial charge in [-0.3, -0.25) is 4.79 Å². The molecule has 0 bridgehead atoms. The Bertz CT molecular complexity index is 414. The first kappa shape index (κ1) is 12.7. The van der Waals surface area contributed by atoms with E-state index in [1.165, 1.54) is 12.8 Å². The van der Waals surface area contributed by atoms with E-state index >= 15 is 0 Å². The highest BCUT2D eigenvalue weighted by Crippen LogP contribution is 2.19. The fourth-order valence-electron chi connectivity index (χ4n) is 2.23. The summed E-state index contributed by atoms with van der Waals surface area (Å²) in [6, 6.07) is 7.45. The lowest BCUT2D eigenvalue weighted by Gasteiger charge is -2.18. The molecule has 4 nitrogen and oxygen atoms in total. The van der Waals surface area contributed by atoms with Gasteiger partial charge < -0.3 is 15.8 Å². The maximum atomic E-state index is 11.9. The fraction of sp³-hybridized carbons (Fsp3) is 0.500. The number of anilines is 1. The van der Waals surface area contributed by atoms with Crippen LogP contribution in [0.25, 0.3) is 0 Å². The van der Waals surface area contributed by atoms with Crippen LogP contribution in [0.4, 0.5) is 5.69 Å². The highest BCUT2D eigenvalue weighted by Gasteiger charge is 2.21. The molecule has 1 aromatic rings. The van der Waals surface area contributed by atoms with Crippen molar-refractivity contribution in [2.45, 2.75) is 44.8 Å². The van der Waals surface area contributed by atoms with Crippen LogP contribution in [0.1, 0.15) is 32.6 Å². The van der Waals surface area contributed by atoms with Crippen LogP contribution in [-0.2, 0) is 4.79 Å². The number of carbonyl (C=O) groups excluding carboxylic acids is 1. The monoisotopic (exact) mass is 248 g/mol. The minimum absolute atomic E-state index is 0.0516. The van der Waals surface area contributed by atoms with Crippen molar-refractivity contribution in [2.24, 2.45) is 0 Å². The van der Waals surface area contributed by atoms with Crippen molar-refractivity contribution in [1.82, 2.24) is 5.32 Å². The van der Waals surface area contributed by atoms with Crippen LogP contribution in [0.3, 0.4) is 0 Å². The van der Waals surface area contributed by atoms with Gasteiger partial charge in [0.2, 0.25) is 0 Å². The lowest BCUT2D eigenvalue weighted by Crippen LogP contribution is -2.41. The minimum atomic E-state index is -0.493. The first-order valence-electron chi connectivity index (χ1n) is 6.48. The third kappa shape index (κ3) is 3.39. The molecule has 1 aliphatic carbocycles. The molecule has 1 saturated carbocycles. The molecule has 3 N–H and O–H groups in total. The second-order valence-corrected chi connectivity index (χ2v) is 4.82. The maximum Gasteiger partial charge on any atom is 0.260 e. The van der Waals surface area contributed by atoms with E-state index in [1.54, 1.807) is 25.1 Å². The van der Waals surface area contributed by atoms with Crippen LogP contribution in [0.5, 0.6) is 5.75 Å². The molecule has 0 aromatic heterocycles. The Morgan fingerprint density at radius 3 is 2.83 bits per heavy atom. The summed E-state index contributed by atoms with van der Waals surface area (Å²) >= 11 is 0. The van der Waals surface area contributed by atoms with E-state index in [0.29, 0.717) is 17.5 Å². The van der Waals surface area contributed by atoms with E-state index < -0.39 is 6.10 Å². The molecule has 98 valence electrons. The van der Waals surface area contributed by atoms with Crippen molar-refractivity contribution in [3.05, 3.63) is 24.3 Å². The van der Waals surface area contributed by atoms with Gasteiger partial charge in [-0.2, -0.15) is 0 Å². The first-order chi connectivity index (χ1) is 8.65. The highest BCUT2D eigenvalue weighted by molar-refractivity contribution is 5.81. The van der Waals surface area contributed by atoms with Crippen molar-refractivity contribution in [3.8, 4) is 5.75 Å². The van der Waals surface area contributed by atoms with E-state index in [1.807, 2.05) is 6.07 Å². The maximum absolute atomic E-state index is 11.9. The highest BCUT2D eigenvalue weighted by atomic mass is 16.5. The minimum Gasteiger partial charge on any atom is -0.481 e. The summed E-state index contributed by atoms with van der Waals surface area (Å²) in [4.78, 5) is 11.9. The Labute approximate surface area is 108 Å². The molecule has 1 amide bonds. The molecule has 0 heterocycles. The number of nitrogens with one attached hydrogen (secondary N) is 1. The number of carbonyl (C=O) groups is 1. The zero-order valence-electron chi connectivity index (χ0n) is 10.7. The molecule has 4 heteroatoms. The summed E-state index contributed by atoms with van der Waals surface area (Å²) in [5.74, 6) is 0.577. The van der Waals surface area contributed by atoms with Gasteiger partial charge in [-0.25, -0.2) is 0 Å². The largest absolute Gasteiger partial charge is 0.481 e. The van der Waals surface area contributed by atoms with Gasteiger partial charge in [0.25, 0.3) is 5.91 Å². The van der Waals surface area contributed by atoms with Gasteiger partial charge in [0.1, 0.15) is 5.75 Å². The average molecular weight is 248 g/mol. The third-order valence-corrected chi connectivity index (χ3v) is 3.24. The van der Waals surface area contributed by atoms with Gasteiger partial charge in [0.05, 0.1) is 0 Å². The van der Waals surface area contributed by atoms with E-state index in [0.717, 1.165) is 12.8 Å². The van der Waals surface area contributed by atoms with Crippen molar-refractivity contribution < 1.29 is 9.53 Å². The summed E-state index contributed by atoms with van der Waals surface area (Å²) in [5.41, 5.74) is 6.30. The van der Waals surface area contributed by atoms with Gasteiger partial charge in [-0.05, 0) is 31.9 Å². The van der Waals surface area contributed by atoms with Gasteiger partial charge in [-0.15, -0.1) is 0 Å². The van der Waals surface area contributed by atoms with Gasteiger partial charge in [0.15, 0.2) is 6.10 Å². The number of benzene rings is 1. The van der Waals surface area contributed by atoms with E-state index in [2.05, 4.69) is 5.32 Å². The number of nitrogen functional groups attached to an aromatic ring is 1. The molecular weight excluding hydrogens is 228 g/mol. The standard InChI is InChI=1S/C14H20N2O2/c1-10(14(17)16-12-6-2-3-7-12)18-13-8-4-5-11(15)9-13/h4-5,8-10,12H,2-3,6-7,15H2,1H3,(H,16,17)/t10-/m0/s1. The normalized spacial score (nSPS) is 17.4. The average Bonchev–Trinajstić information content (AvgIpc) is 2.81. The van der Waals surface area contributed by atoms with Gasteiger partial charge in [-0.1, -0.05) is 18.9 Å². The summed E-state index contributed by atoms with van der Waals surface area (Å²) in [6.07, 6.45) is 4.07. The predicted molar refractivity (Wildman–Crippen MR) is 71.3 cm³/mol. The second-order valence-electron chi connectivity index (χ2n) is 4.82. The Morgan fingerprint density at radius 1 is 1.44 bits per heavy atom. The van der Waals surface area contributed by atoms with Crippen LogP contribution >= 0.6 is 0 Å². The summed E-state index contributed by atoms with van der Waals surface area (Å²) in [5, 5.41) is 3.02. The summed E-state index contributed by atoms with van der Waals surface area (Å²) in [7, 11) is 0. The van der Waals surface area contributed by atoms with Crippen molar-refractivity contribution in [1.29, 1.82) is 0 Å². The molecule has 0 saturated heterocycles. The van der Waals surface area contributed by atoms with Crippen LogP contribution in [0, 0.1) is 0 Å². The van der Waals surface area contributed by atoms with Crippen molar-refractivity contribution in [2.75, 3.05) is 5.73 Å². The van der Waals surface area contributed by atoms with E-state index in [-0.39, 0.29) is 5.91 Å². The molecule has 0 radical (unpaired) electrons. The topological polar surface area (TPSA) is 64.3 Å². The van der Waals surface area contributed by atoms with Crippen LogP contribution in [0.2, 0.25) is 0 Å². The van der Waals surface area contributed by atoms with Crippen LogP contribution in [0.15, 0.2) is 24.3 Å². The molecule has 18 heavy (non-hydrogen) atoms. The smallest absolute Gasteiger partial charge is 0.260 e. The Balaban J connectivity index is 1.86.